The molecule has 120 valence electrons. The van der Waals surface area contributed by atoms with Gasteiger partial charge in [-0.1, -0.05) is 0 Å². The van der Waals surface area contributed by atoms with Crippen molar-refractivity contribution in [2.24, 2.45) is 5.41 Å². The second-order valence-corrected chi connectivity index (χ2v) is 6.02. The standard InChI is InChI=1S/C15H17F2NO4/c1-15(2)12(19)6-11(18(14(15)22)7-13(20)21)8-3-9(16)5-10(17)4-8/h3-5,11-12,19H,6-7H2,1-2H3,(H,20,21). The maximum atomic E-state index is 13.4. The summed E-state index contributed by atoms with van der Waals surface area (Å²) in [6, 6.07) is 1.88. The van der Waals surface area contributed by atoms with Gasteiger partial charge in [0.2, 0.25) is 5.91 Å². The fraction of sp³-hybridized carbons (Fsp3) is 0.467. The van der Waals surface area contributed by atoms with Crippen molar-refractivity contribution in [3.8, 4) is 0 Å². The smallest absolute Gasteiger partial charge is 0.323 e. The summed E-state index contributed by atoms with van der Waals surface area (Å²) in [5, 5.41) is 19.1. The number of amides is 1. The minimum atomic E-state index is -1.23. The molecule has 22 heavy (non-hydrogen) atoms. The number of aliphatic hydroxyl groups excluding tert-OH is 1. The number of carboxylic acids is 1. The SMILES string of the molecule is CC1(C)C(=O)N(CC(=O)O)C(c2cc(F)cc(F)c2)CC1O. The Kier molecular flexibility index (Phi) is 4.19. The molecule has 0 aromatic heterocycles. The summed E-state index contributed by atoms with van der Waals surface area (Å²) in [4.78, 5) is 24.5. The highest BCUT2D eigenvalue weighted by Gasteiger charge is 2.47. The molecule has 1 aliphatic heterocycles. The van der Waals surface area contributed by atoms with Crippen molar-refractivity contribution >= 4 is 11.9 Å². The zero-order valence-corrected chi connectivity index (χ0v) is 12.2. The third kappa shape index (κ3) is 2.94. The van der Waals surface area contributed by atoms with Crippen LogP contribution in [0.5, 0.6) is 0 Å². The fourth-order valence-corrected chi connectivity index (χ4v) is 2.70. The summed E-state index contributed by atoms with van der Waals surface area (Å²) >= 11 is 0. The second-order valence-electron chi connectivity index (χ2n) is 6.02. The van der Waals surface area contributed by atoms with Crippen LogP contribution in [-0.4, -0.2) is 39.6 Å². The topological polar surface area (TPSA) is 77.8 Å². The summed E-state index contributed by atoms with van der Waals surface area (Å²) < 4.78 is 26.8. The lowest BCUT2D eigenvalue weighted by Gasteiger charge is -2.45. The molecule has 2 unspecified atom stereocenters. The number of likely N-dealkylation sites (tertiary alicyclic amines) is 1. The van der Waals surface area contributed by atoms with Crippen LogP contribution in [0.2, 0.25) is 0 Å². The van der Waals surface area contributed by atoms with E-state index in [4.69, 9.17) is 5.11 Å². The van der Waals surface area contributed by atoms with Crippen molar-refractivity contribution in [3.63, 3.8) is 0 Å². The highest BCUT2D eigenvalue weighted by Crippen LogP contribution is 2.40. The molecule has 1 fully saturated rings. The second kappa shape index (κ2) is 5.64. The van der Waals surface area contributed by atoms with E-state index in [1.54, 1.807) is 0 Å². The van der Waals surface area contributed by atoms with E-state index in [1.807, 2.05) is 0 Å². The lowest BCUT2D eigenvalue weighted by molar-refractivity contribution is -0.164. The highest BCUT2D eigenvalue weighted by molar-refractivity contribution is 5.87. The van der Waals surface area contributed by atoms with Crippen LogP contribution in [0.15, 0.2) is 18.2 Å². The van der Waals surface area contributed by atoms with Crippen LogP contribution in [0.25, 0.3) is 0 Å². The molecule has 0 spiro atoms. The summed E-state index contributed by atoms with van der Waals surface area (Å²) in [5.74, 6) is -3.44. The van der Waals surface area contributed by atoms with Gasteiger partial charge in [0.15, 0.2) is 0 Å². The number of piperidine rings is 1. The molecule has 0 aliphatic carbocycles. The first kappa shape index (κ1) is 16.4. The van der Waals surface area contributed by atoms with Gasteiger partial charge in [-0.25, -0.2) is 8.78 Å². The molecule has 1 aliphatic rings. The summed E-state index contributed by atoms with van der Waals surface area (Å²) in [6.07, 6.45) is -1.03. The van der Waals surface area contributed by atoms with Gasteiger partial charge < -0.3 is 15.1 Å². The van der Waals surface area contributed by atoms with E-state index < -0.39 is 47.6 Å². The number of halogens is 2. The molecule has 2 N–H and O–H groups in total. The zero-order chi connectivity index (χ0) is 16.7. The van der Waals surface area contributed by atoms with Gasteiger partial charge in [-0.3, -0.25) is 9.59 Å². The average molecular weight is 313 g/mol. The Balaban J connectivity index is 2.46. The Morgan fingerprint density at radius 1 is 1.32 bits per heavy atom. The molecule has 1 aromatic carbocycles. The van der Waals surface area contributed by atoms with Crippen molar-refractivity contribution in [1.29, 1.82) is 0 Å². The van der Waals surface area contributed by atoms with Crippen LogP contribution in [0.1, 0.15) is 31.9 Å². The highest BCUT2D eigenvalue weighted by atomic mass is 19.1. The van der Waals surface area contributed by atoms with E-state index in [-0.39, 0.29) is 12.0 Å². The van der Waals surface area contributed by atoms with E-state index in [0.29, 0.717) is 6.07 Å². The van der Waals surface area contributed by atoms with Gasteiger partial charge in [-0.15, -0.1) is 0 Å². The average Bonchev–Trinajstić information content (AvgIpc) is 2.38. The quantitative estimate of drug-likeness (QED) is 0.890. The predicted octanol–water partition coefficient (Wildman–Crippen LogP) is 1.71. The largest absolute Gasteiger partial charge is 0.480 e. The van der Waals surface area contributed by atoms with Crippen LogP contribution in [0.4, 0.5) is 8.78 Å². The van der Waals surface area contributed by atoms with Crippen LogP contribution in [-0.2, 0) is 9.59 Å². The number of hydrogen-bond acceptors (Lipinski definition) is 3. The molecule has 0 saturated carbocycles. The number of carbonyl (C=O) groups excluding carboxylic acids is 1. The number of hydrogen-bond donors (Lipinski definition) is 2. The lowest BCUT2D eigenvalue weighted by Crippen LogP contribution is -2.55. The molecular formula is C15H17F2NO4. The number of rotatable bonds is 3. The molecular weight excluding hydrogens is 296 g/mol. The first-order valence-corrected chi connectivity index (χ1v) is 6.80. The van der Waals surface area contributed by atoms with E-state index in [9.17, 15) is 23.5 Å². The molecule has 5 nitrogen and oxygen atoms in total. The number of carbonyl (C=O) groups is 2. The summed E-state index contributed by atoms with van der Waals surface area (Å²) in [5.41, 5.74) is -1.03. The number of nitrogens with zero attached hydrogens (tertiary/aromatic N) is 1. The first-order chi connectivity index (χ1) is 10.1. The third-order valence-corrected chi connectivity index (χ3v) is 4.04. The Morgan fingerprint density at radius 3 is 2.36 bits per heavy atom. The molecule has 7 heteroatoms. The van der Waals surface area contributed by atoms with Crippen molar-refractivity contribution in [2.45, 2.75) is 32.4 Å². The van der Waals surface area contributed by atoms with Crippen LogP contribution in [0.3, 0.4) is 0 Å². The van der Waals surface area contributed by atoms with Gasteiger partial charge >= 0.3 is 5.97 Å². The van der Waals surface area contributed by atoms with Gasteiger partial charge in [0.1, 0.15) is 18.2 Å². The number of aliphatic hydroxyl groups is 1. The van der Waals surface area contributed by atoms with Gasteiger partial charge in [0.25, 0.3) is 0 Å². The Labute approximate surface area is 126 Å². The van der Waals surface area contributed by atoms with Crippen LogP contribution in [0, 0.1) is 17.0 Å². The molecule has 2 rings (SSSR count). The van der Waals surface area contributed by atoms with E-state index in [0.717, 1.165) is 17.0 Å². The Bertz CT molecular complexity index is 597. The van der Waals surface area contributed by atoms with Gasteiger partial charge in [0, 0.05) is 6.07 Å². The number of benzene rings is 1. The Hall–Kier alpha value is -2.02. The van der Waals surface area contributed by atoms with Crippen molar-refractivity contribution in [3.05, 3.63) is 35.4 Å². The number of aliphatic carboxylic acids is 1. The molecule has 1 heterocycles. The third-order valence-electron chi connectivity index (χ3n) is 4.04. The monoisotopic (exact) mass is 313 g/mol. The van der Waals surface area contributed by atoms with Crippen molar-refractivity contribution < 1.29 is 28.6 Å². The van der Waals surface area contributed by atoms with Gasteiger partial charge in [0.05, 0.1) is 17.6 Å². The molecule has 1 aromatic rings. The van der Waals surface area contributed by atoms with E-state index >= 15 is 0 Å². The minimum absolute atomic E-state index is 0.00884. The van der Waals surface area contributed by atoms with E-state index in [1.165, 1.54) is 13.8 Å². The summed E-state index contributed by atoms with van der Waals surface area (Å²) in [6.45, 7) is 2.42. The van der Waals surface area contributed by atoms with Gasteiger partial charge in [-0.2, -0.15) is 0 Å². The molecule has 1 amide bonds. The lowest BCUT2D eigenvalue weighted by atomic mass is 9.76. The fourth-order valence-electron chi connectivity index (χ4n) is 2.70. The molecule has 0 bridgehead atoms. The van der Waals surface area contributed by atoms with Crippen LogP contribution < -0.4 is 0 Å². The summed E-state index contributed by atoms with van der Waals surface area (Å²) in [7, 11) is 0. The van der Waals surface area contributed by atoms with E-state index in [2.05, 4.69) is 0 Å². The van der Waals surface area contributed by atoms with Crippen molar-refractivity contribution in [1.82, 2.24) is 4.90 Å². The maximum absolute atomic E-state index is 13.4. The van der Waals surface area contributed by atoms with Crippen molar-refractivity contribution in [2.75, 3.05) is 6.54 Å². The predicted molar refractivity (Wildman–Crippen MR) is 72.9 cm³/mol. The number of carboxylic acid groups (broad SMARTS) is 1. The Morgan fingerprint density at radius 2 is 1.86 bits per heavy atom. The minimum Gasteiger partial charge on any atom is -0.480 e. The maximum Gasteiger partial charge on any atom is 0.323 e. The molecule has 0 radical (unpaired) electrons. The van der Waals surface area contributed by atoms with Crippen LogP contribution >= 0.6 is 0 Å². The zero-order valence-electron chi connectivity index (χ0n) is 12.2. The molecule has 1 saturated heterocycles. The first-order valence-electron chi connectivity index (χ1n) is 6.80. The molecule has 2 atom stereocenters. The van der Waals surface area contributed by atoms with Gasteiger partial charge in [-0.05, 0) is 38.0 Å². The normalized spacial score (nSPS) is 24.4.